The van der Waals surface area contributed by atoms with Crippen LogP contribution < -0.4 is 10.1 Å². The summed E-state index contributed by atoms with van der Waals surface area (Å²) in [6, 6.07) is 1.60. The lowest BCUT2D eigenvalue weighted by molar-refractivity contribution is -0.839. The molecular formula is C6H3F3NO4-. The molecule has 0 bridgehead atoms. The number of halogens is 3. The molecule has 78 valence electrons. The second-order valence-corrected chi connectivity index (χ2v) is 2.10. The van der Waals surface area contributed by atoms with Crippen LogP contribution in [-0.2, 0) is 16.3 Å². The van der Waals surface area contributed by atoms with Gasteiger partial charge in [0.2, 0.25) is 0 Å². The summed E-state index contributed by atoms with van der Waals surface area (Å²) < 4.78 is 36.0. The zero-order valence-corrected chi connectivity index (χ0v) is 6.45. The van der Waals surface area contributed by atoms with E-state index in [1.165, 1.54) is 0 Å². The van der Waals surface area contributed by atoms with Crippen molar-refractivity contribution in [3.8, 4) is 5.88 Å². The van der Waals surface area contributed by atoms with Gasteiger partial charge in [-0.05, 0) is 11.1 Å². The van der Waals surface area contributed by atoms with E-state index in [2.05, 4.69) is 19.9 Å². The number of hydrogen-bond acceptors (Lipinski definition) is 5. The summed E-state index contributed by atoms with van der Waals surface area (Å²) in [4.78, 5) is 7.21. The molecule has 1 rings (SSSR count). The predicted octanol–water partition coefficient (Wildman–Crippen LogP) is 0.618. The molecule has 14 heavy (non-hydrogen) atoms. The van der Waals surface area contributed by atoms with Gasteiger partial charge in [0, 0.05) is 12.3 Å². The third kappa shape index (κ3) is 2.83. The lowest BCUT2D eigenvalue weighted by Gasteiger charge is -2.07. The lowest BCUT2D eigenvalue weighted by atomic mass is 10.3. The summed E-state index contributed by atoms with van der Waals surface area (Å²) >= 11 is 0. The molecule has 1 aromatic heterocycles. The Kier molecular flexibility index (Phi) is 3.23. The number of alkyl halides is 3. The fourth-order valence-electron chi connectivity index (χ4n) is 0.646. The van der Waals surface area contributed by atoms with Crippen molar-refractivity contribution in [3.63, 3.8) is 0 Å². The Labute approximate surface area is 75.4 Å². The molecule has 0 fully saturated rings. The Morgan fingerprint density at radius 2 is 2.00 bits per heavy atom. The molecule has 0 radical (unpaired) electrons. The van der Waals surface area contributed by atoms with Gasteiger partial charge >= 0.3 is 6.18 Å². The van der Waals surface area contributed by atoms with Crippen molar-refractivity contribution >= 4 is 0 Å². The highest BCUT2D eigenvalue weighted by molar-refractivity contribution is 5.19. The Hall–Kier alpha value is -1.38. The summed E-state index contributed by atoms with van der Waals surface area (Å²) in [6.07, 6.45) is -3.94. The zero-order valence-electron chi connectivity index (χ0n) is 6.45. The average molecular weight is 210 g/mol. The van der Waals surface area contributed by atoms with Crippen LogP contribution in [-0.4, -0.2) is 4.98 Å². The number of pyridine rings is 1. The zero-order chi connectivity index (χ0) is 10.6. The highest BCUT2D eigenvalue weighted by Gasteiger charge is 2.30. The molecule has 1 aromatic rings. The second kappa shape index (κ2) is 4.22. The van der Waals surface area contributed by atoms with E-state index in [-0.39, 0.29) is 5.88 Å². The number of hydrogen-bond donors (Lipinski definition) is 0. The smallest absolute Gasteiger partial charge is 0.417 e. The number of rotatable bonds is 3. The third-order valence-electron chi connectivity index (χ3n) is 1.21. The molecule has 0 amide bonds. The summed E-state index contributed by atoms with van der Waals surface area (Å²) in [6.45, 7) is 0. The van der Waals surface area contributed by atoms with Crippen molar-refractivity contribution in [1.82, 2.24) is 4.98 Å². The number of aromatic nitrogens is 1. The van der Waals surface area contributed by atoms with Crippen LogP contribution in [0, 0.1) is 0 Å². The Bertz CT molecular complexity index is 286. The largest absolute Gasteiger partial charge is 0.689 e. The highest BCUT2D eigenvalue weighted by Crippen LogP contribution is 2.29. The molecule has 0 saturated carbocycles. The van der Waals surface area contributed by atoms with Crippen LogP contribution in [0.4, 0.5) is 13.2 Å². The minimum atomic E-state index is -4.47. The molecule has 0 saturated heterocycles. The van der Waals surface area contributed by atoms with Crippen molar-refractivity contribution in [2.75, 3.05) is 0 Å². The summed E-state index contributed by atoms with van der Waals surface area (Å²) in [7, 11) is 0. The fraction of sp³-hybridized carbons (Fsp3) is 0.167. The van der Waals surface area contributed by atoms with Crippen LogP contribution in [0.2, 0.25) is 0 Å². The van der Waals surface area contributed by atoms with Crippen LogP contribution in [0.5, 0.6) is 5.88 Å². The Morgan fingerprint density at radius 3 is 2.43 bits per heavy atom. The molecule has 0 atom stereocenters. The molecule has 0 N–H and O–H groups in total. The van der Waals surface area contributed by atoms with Gasteiger partial charge in [-0.15, -0.1) is 0 Å². The molecule has 8 heteroatoms. The molecule has 1 heterocycles. The molecule has 0 aliphatic heterocycles. The first-order chi connectivity index (χ1) is 6.54. The average Bonchev–Trinajstić information content (AvgIpc) is 2.14. The third-order valence-corrected chi connectivity index (χ3v) is 1.21. The van der Waals surface area contributed by atoms with Crippen molar-refractivity contribution in [2.45, 2.75) is 6.18 Å². The van der Waals surface area contributed by atoms with E-state index in [0.717, 1.165) is 12.1 Å². The van der Waals surface area contributed by atoms with Gasteiger partial charge in [-0.2, -0.15) is 13.2 Å². The van der Waals surface area contributed by atoms with Gasteiger partial charge in [0.15, 0.2) is 0 Å². The van der Waals surface area contributed by atoms with E-state index in [1.807, 2.05) is 0 Å². The Morgan fingerprint density at radius 1 is 1.29 bits per heavy atom. The van der Waals surface area contributed by atoms with Crippen molar-refractivity contribution in [1.29, 1.82) is 0 Å². The van der Waals surface area contributed by atoms with E-state index in [1.54, 1.807) is 0 Å². The summed E-state index contributed by atoms with van der Waals surface area (Å²) in [5, 5.41) is 15.5. The second-order valence-electron chi connectivity index (χ2n) is 2.10. The minimum absolute atomic E-state index is 0.325. The minimum Gasteiger partial charge on any atom is -0.689 e. The molecule has 0 aromatic carbocycles. The summed E-state index contributed by atoms with van der Waals surface area (Å²) in [5.41, 5.74) is -0.937. The normalized spacial score (nSPS) is 11.4. The van der Waals surface area contributed by atoms with Crippen LogP contribution in [0.15, 0.2) is 18.3 Å². The first-order valence-corrected chi connectivity index (χ1v) is 3.20. The molecule has 0 aliphatic carbocycles. The van der Waals surface area contributed by atoms with Gasteiger partial charge in [0.1, 0.15) is 0 Å². The maximum absolute atomic E-state index is 12.0. The molecule has 5 nitrogen and oxygen atoms in total. The van der Waals surface area contributed by atoms with Gasteiger partial charge < -0.3 is 5.26 Å². The number of nitrogens with zero attached hydrogens (tertiary/aromatic N) is 1. The van der Waals surface area contributed by atoms with Gasteiger partial charge in [0.05, 0.1) is 5.56 Å². The van der Waals surface area contributed by atoms with Crippen molar-refractivity contribution in [2.24, 2.45) is 0 Å². The fourth-order valence-corrected chi connectivity index (χ4v) is 0.646. The topological polar surface area (TPSA) is 63.6 Å². The predicted molar refractivity (Wildman–Crippen MR) is 32.0 cm³/mol. The highest BCUT2D eigenvalue weighted by atomic mass is 19.4. The van der Waals surface area contributed by atoms with E-state index in [9.17, 15) is 18.4 Å². The SMILES string of the molecule is [O-]OOOc1ccc(C(F)(F)F)cn1. The van der Waals surface area contributed by atoms with Gasteiger partial charge in [-0.1, -0.05) is 0 Å². The van der Waals surface area contributed by atoms with Gasteiger partial charge in [-0.25, -0.2) is 4.98 Å². The van der Waals surface area contributed by atoms with Crippen molar-refractivity contribution < 1.29 is 33.4 Å². The molecule has 0 spiro atoms. The molecule has 0 unspecified atom stereocenters. The van der Waals surface area contributed by atoms with Crippen LogP contribution in [0.25, 0.3) is 0 Å². The molecular weight excluding hydrogens is 207 g/mol. The van der Waals surface area contributed by atoms with E-state index < -0.39 is 11.7 Å². The van der Waals surface area contributed by atoms with Crippen molar-refractivity contribution in [3.05, 3.63) is 23.9 Å². The van der Waals surface area contributed by atoms with E-state index >= 15 is 0 Å². The van der Waals surface area contributed by atoms with Gasteiger partial charge in [0.25, 0.3) is 5.88 Å². The first-order valence-electron chi connectivity index (χ1n) is 3.20. The van der Waals surface area contributed by atoms with Crippen LogP contribution in [0.1, 0.15) is 5.56 Å². The van der Waals surface area contributed by atoms with Crippen LogP contribution in [0.3, 0.4) is 0 Å². The van der Waals surface area contributed by atoms with E-state index in [0.29, 0.717) is 6.20 Å². The lowest BCUT2D eigenvalue weighted by Crippen LogP contribution is -2.10. The Balaban J connectivity index is 2.69. The summed E-state index contributed by atoms with van der Waals surface area (Å²) in [5.74, 6) is -0.325. The maximum Gasteiger partial charge on any atom is 0.417 e. The first kappa shape index (κ1) is 10.7. The van der Waals surface area contributed by atoms with Gasteiger partial charge in [-0.3, -0.25) is 9.93 Å². The quantitative estimate of drug-likeness (QED) is 0.540. The van der Waals surface area contributed by atoms with Crippen LogP contribution >= 0.6 is 0 Å². The maximum atomic E-state index is 12.0. The van der Waals surface area contributed by atoms with E-state index in [4.69, 9.17) is 0 Å². The molecule has 0 aliphatic rings. The monoisotopic (exact) mass is 210 g/mol. The standard InChI is InChI=1S/C6H4F3NO4/c7-6(8,9)4-1-2-5(10-3-4)12-14-13-11/h1-3,11H/p-1.